The van der Waals surface area contributed by atoms with Crippen LogP contribution in [0.2, 0.25) is 0 Å². The first-order chi connectivity index (χ1) is 24.3. The number of nitrogens with zero attached hydrogens (tertiary/aromatic N) is 6. The molecule has 0 radical (unpaired) electrons. The Balaban J connectivity index is 0.000000314. The Morgan fingerprint density at radius 3 is 2.19 bits per heavy atom. The van der Waals surface area contributed by atoms with Crippen LogP contribution >= 0.6 is 0 Å². The van der Waals surface area contributed by atoms with Crippen molar-refractivity contribution in [3.8, 4) is 17.5 Å². The van der Waals surface area contributed by atoms with E-state index in [-0.39, 0.29) is 40.5 Å². The first-order valence-electron chi connectivity index (χ1n) is 15.0. The molecule has 0 aliphatic heterocycles. The van der Waals surface area contributed by atoms with Gasteiger partial charge in [0.25, 0.3) is 28.1 Å². The van der Waals surface area contributed by atoms with Gasteiger partial charge in [-0.3, -0.25) is 20.2 Å². The Hall–Kier alpha value is -5.61. The summed E-state index contributed by atoms with van der Waals surface area (Å²) in [6.07, 6.45) is -5.52. The minimum absolute atomic E-state index is 0.0109. The number of methoxy groups -OCH3 is 2. The van der Waals surface area contributed by atoms with Crippen LogP contribution in [0.4, 0.5) is 45.0 Å². The van der Waals surface area contributed by atoms with Gasteiger partial charge in [0.2, 0.25) is 5.65 Å². The second-order valence-corrected chi connectivity index (χ2v) is 12.3. The minimum Gasteiger partial charge on any atom is -0.491 e. The second kappa shape index (κ2) is 16.6. The van der Waals surface area contributed by atoms with Crippen LogP contribution < -0.4 is 24.2 Å². The van der Waals surface area contributed by atoms with E-state index in [0.717, 1.165) is 29.5 Å². The number of hydrogen-bond acceptors (Lipinski definition) is 13. The number of ether oxygens (including phenoxy) is 3. The van der Waals surface area contributed by atoms with Crippen molar-refractivity contribution in [3.63, 3.8) is 0 Å². The quantitative estimate of drug-likeness (QED) is 0.0817. The van der Waals surface area contributed by atoms with Gasteiger partial charge in [0.15, 0.2) is 11.4 Å². The van der Waals surface area contributed by atoms with E-state index in [1.54, 1.807) is 18.6 Å². The van der Waals surface area contributed by atoms with Gasteiger partial charge in [0.1, 0.15) is 17.3 Å². The SMILES string of the molecule is CCC(CC)Nc1c([N+](=O)[O-])cc(C)c(C)c1[N+](=O)[O-].COc1cnc(OC)n2nc(NS(=O)(=O)c3c(OCC(F)F)cccc3C(F)(F)F)nc12. The maximum Gasteiger partial charge on any atom is 0.417 e. The number of sulfonamides is 1. The Kier molecular flexibility index (Phi) is 13.0. The van der Waals surface area contributed by atoms with Crippen LogP contribution in [0.25, 0.3) is 5.65 Å². The molecule has 0 aliphatic carbocycles. The number of benzene rings is 2. The highest BCUT2D eigenvalue weighted by Crippen LogP contribution is 2.41. The van der Waals surface area contributed by atoms with Crippen LogP contribution in [0.1, 0.15) is 43.4 Å². The normalized spacial score (nSPS) is 11.6. The average molecular weight is 765 g/mol. The number of rotatable bonds is 14. The standard InChI is InChI=1S/C16H14F5N5O5S.C13H19N3O4/c1-29-10-6-22-15(30-2)26-13(10)23-14(24-26)25-32(27,28)12-8(16(19,20)21)4-3-5-9(12)31-7-11(17)18;1-5-10(6-2)14-12-11(15(17)18)7-8(3)9(4)13(12)16(19)20/h3-6,11H,7H2,1-2H3,(H,24,25);7,10,14H,5-6H2,1-4H3. The van der Waals surface area contributed by atoms with Crippen molar-refractivity contribution in [1.29, 1.82) is 0 Å². The largest absolute Gasteiger partial charge is 0.491 e. The number of nitro benzene ring substituents is 2. The maximum atomic E-state index is 13.5. The molecule has 2 aromatic carbocycles. The van der Waals surface area contributed by atoms with Crippen molar-refractivity contribution in [1.82, 2.24) is 19.6 Å². The fourth-order valence-electron chi connectivity index (χ4n) is 4.70. The van der Waals surface area contributed by atoms with Crippen LogP contribution in [0, 0.1) is 34.1 Å². The molecule has 0 unspecified atom stereocenters. The van der Waals surface area contributed by atoms with Crippen molar-refractivity contribution < 1.29 is 54.4 Å². The van der Waals surface area contributed by atoms with Crippen molar-refractivity contribution in [2.24, 2.45) is 0 Å². The molecule has 0 saturated carbocycles. The molecule has 0 fully saturated rings. The molecule has 52 heavy (non-hydrogen) atoms. The van der Waals surface area contributed by atoms with E-state index in [1.807, 2.05) is 13.8 Å². The predicted octanol–water partition coefficient (Wildman–Crippen LogP) is 6.33. The van der Waals surface area contributed by atoms with E-state index >= 15 is 0 Å². The molecule has 0 atom stereocenters. The number of nitro groups is 2. The molecule has 2 N–H and O–H groups in total. The number of alkyl halides is 5. The zero-order valence-corrected chi connectivity index (χ0v) is 29.1. The van der Waals surface area contributed by atoms with Crippen LogP contribution in [0.5, 0.6) is 17.5 Å². The monoisotopic (exact) mass is 764 g/mol. The molecule has 23 heteroatoms. The summed E-state index contributed by atoms with van der Waals surface area (Å²) in [6, 6.07) is 3.33. The topological polar surface area (TPSA) is 215 Å². The summed E-state index contributed by atoms with van der Waals surface area (Å²) in [6.45, 7) is 5.78. The molecule has 0 amide bonds. The van der Waals surface area contributed by atoms with Gasteiger partial charge in [0.05, 0.1) is 35.8 Å². The highest BCUT2D eigenvalue weighted by molar-refractivity contribution is 7.92. The fourth-order valence-corrected chi connectivity index (χ4v) is 6.00. The average Bonchev–Trinajstić information content (AvgIpc) is 3.49. The summed E-state index contributed by atoms with van der Waals surface area (Å²) in [7, 11) is -2.56. The summed E-state index contributed by atoms with van der Waals surface area (Å²) in [5.41, 5.74) is -1.13. The van der Waals surface area contributed by atoms with E-state index in [2.05, 4.69) is 25.1 Å². The lowest BCUT2D eigenvalue weighted by molar-refractivity contribution is -0.392. The number of hydrogen-bond donors (Lipinski definition) is 2. The highest BCUT2D eigenvalue weighted by Gasteiger charge is 2.40. The second-order valence-electron chi connectivity index (χ2n) is 10.7. The smallest absolute Gasteiger partial charge is 0.417 e. The first-order valence-corrected chi connectivity index (χ1v) is 16.5. The molecule has 17 nitrogen and oxygen atoms in total. The minimum atomic E-state index is -5.14. The van der Waals surface area contributed by atoms with E-state index in [4.69, 9.17) is 9.47 Å². The van der Waals surface area contributed by atoms with Crippen LogP contribution in [-0.4, -0.2) is 71.1 Å². The van der Waals surface area contributed by atoms with Crippen molar-refractivity contribution in [3.05, 3.63) is 67.4 Å². The van der Waals surface area contributed by atoms with E-state index < -0.39 is 61.2 Å². The Morgan fingerprint density at radius 1 is 1.02 bits per heavy atom. The third kappa shape index (κ3) is 9.18. The molecular weight excluding hydrogens is 731 g/mol. The lowest BCUT2D eigenvalue weighted by Crippen LogP contribution is -2.21. The molecule has 0 bridgehead atoms. The highest BCUT2D eigenvalue weighted by atomic mass is 32.2. The molecule has 284 valence electrons. The maximum absolute atomic E-state index is 13.5. The number of fused-ring (bicyclic) bond motifs is 1. The van der Waals surface area contributed by atoms with Crippen LogP contribution in [-0.2, 0) is 16.2 Å². The lowest BCUT2D eigenvalue weighted by Gasteiger charge is -2.17. The first kappa shape index (κ1) is 40.8. The van der Waals surface area contributed by atoms with E-state index in [1.165, 1.54) is 26.5 Å². The Labute approximate surface area is 292 Å². The summed E-state index contributed by atoms with van der Waals surface area (Å²) in [5.74, 6) is -1.53. The third-order valence-corrected chi connectivity index (χ3v) is 8.76. The zero-order chi connectivity index (χ0) is 39.1. The molecular formula is C29H33F5N8O9S. The molecule has 2 heterocycles. The molecule has 2 aromatic heterocycles. The molecule has 0 saturated heterocycles. The number of aryl methyl sites for hydroxylation is 1. The number of nitrogens with one attached hydrogen (secondary N) is 2. The van der Waals surface area contributed by atoms with Gasteiger partial charge in [-0.15, -0.1) is 5.10 Å². The van der Waals surface area contributed by atoms with Gasteiger partial charge in [-0.2, -0.15) is 27.7 Å². The lowest BCUT2D eigenvalue weighted by atomic mass is 10.0. The van der Waals surface area contributed by atoms with Gasteiger partial charge < -0.3 is 19.5 Å². The molecule has 4 aromatic rings. The van der Waals surface area contributed by atoms with Gasteiger partial charge in [0, 0.05) is 17.7 Å². The number of halogens is 5. The summed E-state index contributed by atoms with van der Waals surface area (Å²) in [5, 5.41) is 29.2. The summed E-state index contributed by atoms with van der Waals surface area (Å²) in [4.78, 5) is 27.6. The van der Waals surface area contributed by atoms with Gasteiger partial charge >= 0.3 is 17.9 Å². The molecule has 4 rings (SSSR count). The summed E-state index contributed by atoms with van der Waals surface area (Å²) >= 11 is 0. The van der Waals surface area contributed by atoms with E-state index in [9.17, 15) is 50.6 Å². The van der Waals surface area contributed by atoms with Gasteiger partial charge in [-0.25, -0.2) is 21.9 Å². The van der Waals surface area contributed by atoms with Crippen molar-refractivity contribution in [2.45, 2.75) is 64.1 Å². The van der Waals surface area contributed by atoms with E-state index in [0.29, 0.717) is 17.2 Å². The molecule has 0 aliphatic rings. The van der Waals surface area contributed by atoms with Gasteiger partial charge in [-0.05, 0) is 44.4 Å². The fraction of sp³-hybridized carbons (Fsp3) is 0.414. The summed E-state index contributed by atoms with van der Waals surface area (Å²) < 4.78 is 109. The van der Waals surface area contributed by atoms with Crippen molar-refractivity contribution >= 4 is 38.7 Å². The van der Waals surface area contributed by atoms with Crippen molar-refractivity contribution in [2.75, 3.05) is 30.9 Å². The van der Waals surface area contributed by atoms with Crippen LogP contribution in [0.15, 0.2) is 35.4 Å². The third-order valence-electron chi connectivity index (χ3n) is 7.35. The Bertz CT molecular complexity index is 2000. The number of anilines is 2. The number of aromatic nitrogens is 4. The predicted molar refractivity (Wildman–Crippen MR) is 175 cm³/mol. The van der Waals surface area contributed by atoms with Crippen LogP contribution in [0.3, 0.4) is 0 Å². The van der Waals surface area contributed by atoms with Gasteiger partial charge in [-0.1, -0.05) is 19.9 Å². The zero-order valence-electron chi connectivity index (χ0n) is 28.3. The molecule has 0 spiro atoms. The Morgan fingerprint density at radius 2 is 1.67 bits per heavy atom.